The lowest BCUT2D eigenvalue weighted by Crippen LogP contribution is -2.44. The van der Waals surface area contributed by atoms with Gasteiger partial charge in [0.1, 0.15) is 0 Å². The summed E-state index contributed by atoms with van der Waals surface area (Å²) < 4.78 is 5.69. The SMILES string of the molecule is CC1OCCC1N1CC2CNCC2C1C. The van der Waals surface area contributed by atoms with Crippen molar-refractivity contribution in [3.05, 3.63) is 0 Å². The first kappa shape index (κ1) is 10.1. The molecule has 3 fully saturated rings. The third-order valence-electron chi connectivity index (χ3n) is 4.74. The van der Waals surface area contributed by atoms with E-state index < -0.39 is 0 Å². The summed E-state index contributed by atoms with van der Waals surface area (Å²) in [6, 6.07) is 1.43. The number of nitrogens with one attached hydrogen (secondary N) is 1. The van der Waals surface area contributed by atoms with Gasteiger partial charge >= 0.3 is 0 Å². The second-order valence-electron chi connectivity index (χ2n) is 5.45. The third-order valence-corrected chi connectivity index (χ3v) is 4.74. The number of hydrogen-bond donors (Lipinski definition) is 1. The van der Waals surface area contributed by atoms with Gasteiger partial charge in [-0.15, -0.1) is 0 Å². The Kier molecular flexibility index (Phi) is 2.49. The van der Waals surface area contributed by atoms with Crippen molar-refractivity contribution in [3.8, 4) is 0 Å². The Hall–Kier alpha value is -0.120. The Morgan fingerprint density at radius 3 is 2.80 bits per heavy atom. The molecule has 0 aromatic heterocycles. The highest BCUT2D eigenvalue weighted by atomic mass is 16.5. The zero-order valence-corrected chi connectivity index (χ0v) is 9.78. The molecule has 3 aliphatic rings. The summed E-state index contributed by atoms with van der Waals surface area (Å²) in [5.41, 5.74) is 0. The van der Waals surface area contributed by atoms with Crippen LogP contribution in [0.5, 0.6) is 0 Å². The molecule has 3 aliphatic heterocycles. The van der Waals surface area contributed by atoms with E-state index >= 15 is 0 Å². The van der Waals surface area contributed by atoms with Gasteiger partial charge in [-0.25, -0.2) is 0 Å². The van der Waals surface area contributed by atoms with Gasteiger partial charge in [0.05, 0.1) is 6.10 Å². The van der Waals surface area contributed by atoms with Gasteiger partial charge in [-0.1, -0.05) is 0 Å². The Balaban J connectivity index is 1.72. The maximum atomic E-state index is 5.69. The van der Waals surface area contributed by atoms with Crippen LogP contribution in [-0.4, -0.2) is 49.3 Å². The molecule has 3 saturated heterocycles. The maximum Gasteiger partial charge on any atom is 0.0703 e. The van der Waals surface area contributed by atoms with E-state index in [9.17, 15) is 0 Å². The summed E-state index contributed by atoms with van der Waals surface area (Å²) in [5.74, 6) is 1.78. The smallest absolute Gasteiger partial charge is 0.0703 e. The van der Waals surface area contributed by atoms with Gasteiger partial charge in [0.15, 0.2) is 0 Å². The molecule has 0 bridgehead atoms. The number of ether oxygens (including phenoxy) is 1. The van der Waals surface area contributed by atoms with E-state index in [4.69, 9.17) is 4.74 Å². The van der Waals surface area contributed by atoms with Crippen LogP contribution in [0.1, 0.15) is 20.3 Å². The molecular formula is C12H22N2O. The molecule has 86 valence electrons. The van der Waals surface area contributed by atoms with Crippen LogP contribution in [0.2, 0.25) is 0 Å². The van der Waals surface area contributed by atoms with E-state index in [0.29, 0.717) is 12.1 Å². The van der Waals surface area contributed by atoms with E-state index in [2.05, 4.69) is 24.1 Å². The van der Waals surface area contributed by atoms with Gasteiger partial charge in [-0.2, -0.15) is 0 Å². The molecule has 1 N–H and O–H groups in total. The molecule has 3 rings (SSSR count). The van der Waals surface area contributed by atoms with Gasteiger partial charge in [0, 0.05) is 25.2 Å². The predicted molar refractivity (Wildman–Crippen MR) is 59.8 cm³/mol. The Labute approximate surface area is 92.2 Å². The molecule has 0 saturated carbocycles. The first-order chi connectivity index (χ1) is 7.27. The highest BCUT2D eigenvalue weighted by Gasteiger charge is 2.46. The fraction of sp³-hybridized carbons (Fsp3) is 1.00. The van der Waals surface area contributed by atoms with Crippen molar-refractivity contribution in [1.29, 1.82) is 0 Å². The zero-order valence-electron chi connectivity index (χ0n) is 9.78. The number of nitrogens with zero attached hydrogens (tertiary/aromatic N) is 1. The van der Waals surface area contributed by atoms with Crippen molar-refractivity contribution in [2.45, 2.75) is 38.5 Å². The third kappa shape index (κ3) is 1.52. The number of rotatable bonds is 1. The summed E-state index contributed by atoms with van der Waals surface area (Å²) in [4.78, 5) is 2.72. The minimum absolute atomic E-state index is 0.444. The summed E-state index contributed by atoms with van der Waals surface area (Å²) in [7, 11) is 0. The average Bonchev–Trinajstić information content (AvgIpc) is 2.85. The first-order valence-electron chi connectivity index (χ1n) is 6.35. The molecule has 0 amide bonds. The number of likely N-dealkylation sites (tertiary alicyclic amines) is 1. The highest BCUT2D eigenvalue weighted by molar-refractivity contribution is 5.00. The Bertz CT molecular complexity index is 246. The first-order valence-corrected chi connectivity index (χ1v) is 6.35. The van der Waals surface area contributed by atoms with Crippen LogP contribution in [0.3, 0.4) is 0 Å². The monoisotopic (exact) mass is 210 g/mol. The van der Waals surface area contributed by atoms with Crippen LogP contribution >= 0.6 is 0 Å². The van der Waals surface area contributed by atoms with E-state index in [1.165, 1.54) is 26.1 Å². The topological polar surface area (TPSA) is 24.5 Å². The van der Waals surface area contributed by atoms with Gasteiger partial charge in [0.2, 0.25) is 0 Å². The van der Waals surface area contributed by atoms with Crippen molar-refractivity contribution in [2.75, 3.05) is 26.2 Å². The van der Waals surface area contributed by atoms with Gasteiger partial charge < -0.3 is 10.1 Å². The predicted octanol–water partition coefficient (Wildman–Crippen LogP) is 0.704. The molecule has 3 heteroatoms. The standard InChI is InChI=1S/C12H22N2O/c1-8-11-6-13-5-10(11)7-14(8)12-3-4-15-9(12)2/h8-13H,3-7H2,1-2H3. The second-order valence-corrected chi connectivity index (χ2v) is 5.45. The Morgan fingerprint density at radius 2 is 2.13 bits per heavy atom. The molecular weight excluding hydrogens is 188 g/mol. The van der Waals surface area contributed by atoms with Crippen LogP contribution < -0.4 is 5.32 Å². The minimum Gasteiger partial charge on any atom is -0.377 e. The Morgan fingerprint density at radius 1 is 1.27 bits per heavy atom. The molecule has 3 heterocycles. The van der Waals surface area contributed by atoms with E-state index in [1.54, 1.807) is 0 Å². The van der Waals surface area contributed by atoms with E-state index in [1.807, 2.05) is 0 Å². The molecule has 5 unspecified atom stereocenters. The van der Waals surface area contributed by atoms with E-state index in [-0.39, 0.29) is 0 Å². The molecule has 15 heavy (non-hydrogen) atoms. The zero-order chi connectivity index (χ0) is 10.4. The molecule has 0 aromatic carbocycles. The van der Waals surface area contributed by atoms with Crippen molar-refractivity contribution in [1.82, 2.24) is 10.2 Å². The van der Waals surface area contributed by atoms with Crippen molar-refractivity contribution < 1.29 is 4.74 Å². The van der Waals surface area contributed by atoms with Gasteiger partial charge in [-0.05, 0) is 45.2 Å². The average molecular weight is 210 g/mol. The van der Waals surface area contributed by atoms with Crippen molar-refractivity contribution in [3.63, 3.8) is 0 Å². The molecule has 0 spiro atoms. The fourth-order valence-corrected chi connectivity index (χ4v) is 3.79. The van der Waals surface area contributed by atoms with Gasteiger partial charge in [-0.3, -0.25) is 4.90 Å². The molecule has 5 atom stereocenters. The molecule has 0 aromatic rings. The molecule has 0 radical (unpaired) electrons. The summed E-state index contributed by atoms with van der Waals surface area (Å²) in [5, 5.41) is 3.52. The lowest BCUT2D eigenvalue weighted by atomic mass is 9.95. The van der Waals surface area contributed by atoms with Crippen molar-refractivity contribution in [2.24, 2.45) is 11.8 Å². The highest BCUT2D eigenvalue weighted by Crippen LogP contribution is 2.36. The van der Waals surface area contributed by atoms with Crippen LogP contribution in [0, 0.1) is 11.8 Å². The fourth-order valence-electron chi connectivity index (χ4n) is 3.79. The van der Waals surface area contributed by atoms with Crippen LogP contribution in [0.15, 0.2) is 0 Å². The molecule has 3 nitrogen and oxygen atoms in total. The summed E-state index contributed by atoms with van der Waals surface area (Å²) in [6.07, 6.45) is 1.68. The van der Waals surface area contributed by atoms with E-state index in [0.717, 1.165) is 24.5 Å². The normalized spacial score (nSPS) is 51.2. The lowest BCUT2D eigenvalue weighted by molar-refractivity contribution is 0.0666. The van der Waals surface area contributed by atoms with Crippen LogP contribution in [0.25, 0.3) is 0 Å². The van der Waals surface area contributed by atoms with Crippen molar-refractivity contribution >= 4 is 0 Å². The number of hydrogen-bond acceptors (Lipinski definition) is 3. The minimum atomic E-state index is 0.444. The quantitative estimate of drug-likeness (QED) is 0.689. The molecule has 0 aliphatic carbocycles. The maximum absolute atomic E-state index is 5.69. The largest absolute Gasteiger partial charge is 0.377 e. The van der Waals surface area contributed by atoms with Crippen LogP contribution in [0.4, 0.5) is 0 Å². The second kappa shape index (κ2) is 3.72. The lowest BCUT2D eigenvalue weighted by Gasteiger charge is -2.32. The summed E-state index contributed by atoms with van der Waals surface area (Å²) >= 11 is 0. The van der Waals surface area contributed by atoms with Crippen LogP contribution in [-0.2, 0) is 4.74 Å². The number of fused-ring (bicyclic) bond motifs is 1. The summed E-state index contributed by atoms with van der Waals surface area (Å²) in [6.45, 7) is 9.34. The van der Waals surface area contributed by atoms with Gasteiger partial charge in [0.25, 0.3) is 0 Å².